The molecule has 4 rings (SSSR count). The van der Waals surface area contributed by atoms with E-state index in [0.29, 0.717) is 6.42 Å². The first kappa shape index (κ1) is 21.8. The Morgan fingerprint density at radius 2 is 1.66 bits per heavy atom. The van der Waals surface area contributed by atoms with Crippen LogP contribution in [-0.4, -0.2) is 29.5 Å². The Morgan fingerprint density at radius 1 is 0.969 bits per heavy atom. The van der Waals surface area contributed by atoms with Crippen LogP contribution in [0.15, 0.2) is 82.8 Å². The second kappa shape index (κ2) is 10.3. The van der Waals surface area contributed by atoms with Crippen molar-refractivity contribution in [2.45, 2.75) is 19.8 Å². The minimum Gasteiger partial charge on any atom is -0.497 e. The predicted octanol–water partition coefficient (Wildman–Crippen LogP) is 6.18. The standard InChI is InChI=1S/C26H25N3O2S/c1-3-18-8-4-5-9-21(18)28-25(30)17-32-26-16-24(19-12-14-20(31-2)15-13-19)27-22-10-6-7-11-23(22)29-26/h4-15H,3,16-17H2,1-2H3,(H,28,30). The number of carbonyl (C=O) groups excluding carboxylic acids is 1. The van der Waals surface area contributed by atoms with E-state index in [1.807, 2.05) is 72.8 Å². The number of rotatable bonds is 6. The topological polar surface area (TPSA) is 63.0 Å². The first-order valence-corrected chi connectivity index (χ1v) is 11.5. The number of para-hydroxylation sites is 3. The molecule has 6 heteroatoms. The van der Waals surface area contributed by atoms with Crippen LogP contribution in [0.3, 0.4) is 0 Å². The van der Waals surface area contributed by atoms with Gasteiger partial charge in [-0.1, -0.05) is 37.3 Å². The van der Waals surface area contributed by atoms with Gasteiger partial charge in [0.25, 0.3) is 0 Å². The van der Waals surface area contributed by atoms with Crippen molar-refractivity contribution in [1.82, 2.24) is 0 Å². The fourth-order valence-electron chi connectivity index (χ4n) is 3.47. The number of ether oxygens (including phenoxy) is 1. The highest BCUT2D eigenvalue weighted by atomic mass is 32.2. The number of aliphatic imine (C=N–C) groups is 2. The summed E-state index contributed by atoms with van der Waals surface area (Å²) in [5, 5.41) is 3.90. The zero-order valence-corrected chi connectivity index (χ0v) is 19.0. The lowest BCUT2D eigenvalue weighted by Gasteiger charge is -2.11. The second-order valence-corrected chi connectivity index (χ2v) is 8.35. The van der Waals surface area contributed by atoms with Gasteiger partial charge in [0.1, 0.15) is 5.75 Å². The van der Waals surface area contributed by atoms with Crippen LogP contribution in [0.2, 0.25) is 0 Å². The molecule has 0 fully saturated rings. The van der Waals surface area contributed by atoms with Gasteiger partial charge in [-0.25, -0.2) is 4.99 Å². The number of thioether (sulfide) groups is 1. The number of carbonyl (C=O) groups is 1. The summed E-state index contributed by atoms with van der Waals surface area (Å²) in [5.74, 6) is 1.05. The molecule has 0 atom stereocenters. The molecule has 1 heterocycles. The van der Waals surface area contributed by atoms with Crippen LogP contribution in [0.25, 0.3) is 0 Å². The second-order valence-electron chi connectivity index (χ2n) is 7.31. The monoisotopic (exact) mass is 443 g/mol. The molecule has 0 radical (unpaired) electrons. The summed E-state index contributed by atoms with van der Waals surface area (Å²) >= 11 is 1.45. The van der Waals surface area contributed by atoms with Crippen molar-refractivity contribution >= 4 is 45.5 Å². The smallest absolute Gasteiger partial charge is 0.234 e. The van der Waals surface area contributed by atoms with Crippen molar-refractivity contribution < 1.29 is 9.53 Å². The molecule has 5 nitrogen and oxygen atoms in total. The van der Waals surface area contributed by atoms with Gasteiger partial charge in [-0.3, -0.25) is 9.79 Å². The molecule has 1 amide bonds. The SMILES string of the molecule is CCc1ccccc1NC(=O)CSC1=Nc2ccccc2N=C(c2ccc(OC)cc2)C1. The summed E-state index contributed by atoms with van der Waals surface area (Å²) in [7, 11) is 1.65. The number of amides is 1. The molecule has 162 valence electrons. The summed E-state index contributed by atoms with van der Waals surface area (Å²) in [6.07, 6.45) is 1.43. The molecule has 0 aromatic heterocycles. The van der Waals surface area contributed by atoms with E-state index in [1.54, 1.807) is 7.11 Å². The third kappa shape index (κ3) is 5.26. The van der Waals surface area contributed by atoms with Crippen LogP contribution in [-0.2, 0) is 11.2 Å². The molecular formula is C26H25N3O2S. The van der Waals surface area contributed by atoms with Gasteiger partial charge in [-0.15, -0.1) is 11.8 Å². The third-order valence-corrected chi connectivity index (χ3v) is 6.14. The average molecular weight is 444 g/mol. The maximum Gasteiger partial charge on any atom is 0.234 e. The Labute approximate surface area is 192 Å². The number of anilines is 1. The zero-order chi connectivity index (χ0) is 22.3. The molecule has 1 N–H and O–H groups in total. The number of hydrogen-bond donors (Lipinski definition) is 1. The Bertz CT molecular complexity index is 1170. The highest BCUT2D eigenvalue weighted by Gasteiger charge is 2.17. The number of benzene rings is 3. The summed E-state index contributed by atoms with van der Waals surface area (Å²) in [6, 6.07) is 23.6. The van der Waals surface area contributed by atoms with Gasteiger partial charge in [0.05, 0.1) is 35.0 Å². The normalized spacial score (nSPS) is 12.8. The van der Waals surface area contributed by atoms with Crippen LogP contribution in [0.5, 0.6) is 5.75 Å². The van der Waals surface area contributed by atoms with Gasteiger partial charge < -0.3 is 10.1 Å². The van der Waals surface area contributed by atoms with Crippen molar-refractivity contribution in [3.63, 3.8) is 0 Å². The quantitative estimate of drug-likeness (QED) is 0.494. The number of methoxy groups -OCH3 is 1. The Balaban J connectivity index is 1.52. The van der Waals surface area contributed by atoms with E-state index in [-0.39, 0.29) is 11.7 Å². The van der Waals surface area contributed by atoms with Crippen molar-refractivity contribution in [1.29, 1.82) is 0 Å². The van der Waals surface area contributed by atoms with Crippen molar-refractivity contribution in [3.05, 3.63) is 83.9 Å². The van der Waals surface area contributed by atoms with Gasteiger partial charge in [0, 0.05) is 12.1 Å². The molecule has 32 heavy (non-hydrogen) atoms. The van der Waals surface area contributed by atoms with E-state index < -0.39 is 0 Å². The van der Waals surface area contributed by atoms with E-state index in [0.717, 1.165) is 51.1 Å². The van der Waals surface area contributed by atoms with Crippen LogP contribution >= 0.6 is 11.8 Å². The minimum absolute atomic E-state index is 0.0425. The van der Waals surface area contributed by atoms with Gasteiger partial charge in [-0.05, 0) is 60.0 Å². The van der Waals surface area contributed by atoms with Crippen molar-refractivity contribution in [3.8, 4) is 5.75 Å². The van der Waals surface area contributed by atoms with Gasteiger partial charge in [-0.2, -0.15) is 0 Å². The van der Waals surface area contributed by atoms with Crippen molar-refractivity contribution in [2.24, 2.45) is 9.98 Å². The lowest BCUT2D eigenvalue weighted by Crippen LogP contribution is -2.17. The zero-order valence-electron chi connectivity index (χ0n) is 18.2. The van der Waals surface area contributed by atoms with Gasteiger partial charge in [0.2, 0.25) is 5.91 Å². The molecular weight excluding hydrogens is 418 g/mol. The summed E-state index contributed by atoms with van der Waals surface area (Å²) in [6.45, 7) is 2.08. The van der Waals surface area contributed by atoms with Crippen LogP contribution in [0, 0.1) is 0 Å². The maximum atomic E-state index is 12.6. The summed E-state index contributed by atoms with van der Waals surface area (Å²) in [5.41, 5.74) is 5.57. The predicted molar refractivity (Wildman–Crippen MR) is 134 cm³/mol. The molecule has 0 spiro atoms. The number of nitrogens with zero attached hydrogens (tertiary/aromatic N) is 2. The molecule has 0 bridgehead atoms. The van der Waals surface area contributed by atoms with E-state index in [4.69, 9.17) is 14.7 Å². The van der Waals surface area contributed by atoms with E-state index in [1.165, 1.54) is 11.8 Å². The lowest BCUT2D eigenvalue weighted by molar-refractivity contribution is -0.113. The highest BCUT2D eigenvalue weighted by molar-refractivity contribution is 8.14. The maximum absolute atomic E-state index is 12.6. The van der Waals surface area contributed by atoms with Crippen LogP contribution in [0.1, 0.15) is 24.5 Å². The van der Waals surface area contributed by atoms with Gasteiger partial charge >= 0.3 is 0 Å². The molecule has 0 aliphatic carbocycles. The Hall–Kier alpha value is -3.38. The first-order valence-electron chi connectivity index (χ1n) is 10.6. The van der Waals surface area contributed by atoms with E-state index in [9.17, 15) is 4.79 Å². The van der Waals surface area contributed by atoms with Crippen molar-refractivity contribution in [2.75, 3.05) is 18.2 Å². The number of aryl methyl sites for hydroxylation is 1. The molecule has 1 aliphatic rings. The van der Waals surface area contributed by atoms with Crippen LogP contribution < -0.4 is 10.1 Å². The number of hydrogen-bond acceptors (Lipinski definition) is 5. The van der Waals surface area contributed by atoms with Crippen LogP contribution in [0.4, 0.5) is 17.1 Å². The van der Waals surface area contributed by atoms with E-state index in [2.05, 4.69) is 12.2 Å². The highest BCUT2D eigenvalue weighted by Crippen LogP contribution is 2.33. The average Bonchev–Trinajstić information content (AvgIpc) is 3.02. The summed E-state index contributed by atoms with van der Waals surface area (Å²) in [4.78, 5) is 22.3. The van der Waals surface area contributed by atoms with Gasteiger partial charge in [0.15, 0.2) is 0 Å². The molecule has 0 unspecified atom stereocenters. The Kier molecular flexibility index (Phi) is 7.02. The Morgan fingerprint density at radius 3 is 2.38 bits per heavy atom. The fourth-order valence-corrected chi connectivity index (χ4v) is 4.25. The minimum atomic E-state index is -0.0425. The largest absolute Gasteiger partial charge is 0.497 e. The summed E-state index contributed by atoms with van der Waals surface area (Å²) < 4.78 is 5.28. The van der Waals surface area contributed by atoms with E-state index >= 15 is 0 Å². The molecule has 3 aromatic rings. The third-order valence-electron chi connectivity index (χ3n) is 5.17. The first-order chi connectivity index (χ1) is 15.7. The molecule has 0 saturated heterocycles. The molecule has 1 aliphatic heterocycles. The molecule has 3 aromatic carbocycles. The fraction of sp³-hybridized carbons (Fsp3) is 0.192. The lowest BCUT2D eigenvalue weighted by atomic mass is 10.1. The molecule has 0 saturated carbocycles. The number of fused-ring (bicyclic) bond motifs is 1. The number of nitrogens with one attached hydrogen (secondary N) is 1.